The number of nitrogens with one attached hydrogen (secondary N) is 2. The summed E-state index contributed by atoms with van der Waals surface area (Å²) >= 11 is 1.91. The molecule has 1 aliphatic rings. The Balaban J connectivity index is 0.00000338. The largest absolute Gasteiger partial charge is 0.383 e. The molecule has 1 aliphatic carbocycles. The number of amides is 1. The predicted molar refractivity (Wildman–Crippen MR) is 119 cm³/mol. The Morgan fingerprint density at radius 1 is 1.27 bits per heavy atom. The molecule has 26 heavy (non-hydrogen) atoms. The zero-order chi connectivity index (χ0) is 18.1. The second-order valence-electron chi connectivity index (χ2n) is 6.32. The van der Waals surface area contributed by atoms with Gasteiger partial charge in [0.05, 0.1) is 6.61 Å². The molecule has 0 spiro atoms. The first-order valence-corrected chi connectivity index (χ1v) is 9.32. The minimum Gasteiger partial charge on any atom is -0.383 e. The molecule has 2 rings (SSSR count). The molecule has 2 N–H and O–H groups in total. The number of carbonyl (C=O) groups excluding carboxylic acids is 1. The molecule has 6 nitrogen and oxygen atoms in total. The molecule has 0 aromatic heterocycles. The number of hydrogen-bond donors (Lipinski definition) is 2. The topological polar surface area (TPSA) is 66.0 Å². The van der Waals surface area contributed by atoms with E-state index in [1.54, 1.807) is 26.1 Å². The van der Waals surface area contributed by atoms with Crippen LogP contribution in [0, 0.1) is 0 Å². The van der Waals surface area contributed by atoms with Crippen LogP contribution in [0.2, 0.25) is 0 Å². The van der Waals surface area contributed by atoms with Crippen molar-refractivity contribution in [3.05, 3.63) is 30.3 Å². The number of methoxy groups -OCH3 is 1. The summed E-state index contributed by atoms with van der Waals surface area (Å²) in [5.74, 6) is 0.639. The van der Waals surface area contributed by atoms with Gasteiger partial charge in [-0.1, -0.05) is 18.2 Å². The summed E-state index contributed by atoms with van der Waals surface area (Å²) in [7, 11) is 5.13. The number of likely N-dealkylation sites (N-methyl/N-ethyl adjacent to an activating group) is 1. The third-order valence-corrected chi connectivity index (χ3v) is 5.43. The standard InChI is InChI=1S/C18H28N4O2S.HI/c1-22(2)16(23)13-20-17(19-11-12-24-3)21-14-18(9-10-18)25-15-7-5-4-6-8-15;/h4-8H,9-14H2,1-3H3,(H2,19,20,21);1H. The van der Waals surface area contributed by atoms with Crippen molar-refractivity contribution in [3.8, 4) is 0 Å². The summed E-state index contributed by atoms with van der Waals surface area (Å²) in [5, 5.41) is 6.60. The molecule has 0 radical (unpaired) electrons. The molecular formula is C18H29IN4O2S. The SMILES string of the molecule is COCCNC(=NCC(=O)N(C)C)NCC1(Sc2ccccc2)CC1.I. The second kappa shape index (κ2) is 11.7. The number of hydrogen-bond acceptors (Lipinski definition) is 4. The van der Waals surface area contributed by atoms with Crippen molar-refractivity contribution in [3.63, 3.8) is 0 Å². The molecule has 146 valence electrons. The summed E-state index contributed by atoms with van der Waals surface area (Å²) in [4.78, 5) is 19.0. The average molecular weight is 492 g/mol. The zero-order valence-corrected chi connectivity index (χ0v) is 18.8. The van der Waals surface area contributed by atoms with E-state index in [0.717, 1.165) is 6.54 Å². The van der Waals surface area contributed by atoms with Gasteiger partial charge in [0.1, 0.15) is 6.54 Å². The van der Waals surface area contributed by atoms with Crippen LogP contribution >= 0.6 is 35.7 Å². The van der Waals surface area contributed by atoms with Gasteiger partial charge in [0, 0.05) is 43.9 Å². The molecule has 0 unspecified atom stereocenters. The maximum absolute atomic E-state index is 11.8. The Hall–Kier alpha value is -1.000. The third kappa shape index (κ3) is 8.13. The lowest BCUT2D eigenvalue weighted by Gasteiger charge is -2.19. The van der Waals surface area contributed by atoms with Gasteiger partial charge in [-0.2, -0.15) is 0 Å². The number of rotatable bonds is 9. The molecule has 1 amide bonds. The van der Waals surface area contributed by atoms with Crippen LogP contribution in [0.3, 0.4) is 0 Å². The number of thioether (sulfide) groups is 1. The van der Waals surface area contributed by atoms with Crippen molar-refractivity contribution >= 4 is 47.6 Å². The van der Waals surface area contributed by atoms with Gasteiger partial charge in [0.15, 0.2) is 5.96 Å². The van der Waals surface area contributed by atoms with Crippen LogP contribution in [0.15, 0.2) is 40.2 Å². The molecule has 0 bridgehead atoms. The van der Waals surface area contributed by atoms with Gasteiger partial charge in [-0.05, 0) is 25.0 Å². The highest BCUT2D eigenvalue weighted by atomic mass is 127. The van der Waals surface area contributed by atoms with Crippen LogP contribution in [0.5, 0.6) is 0 Å². The van der Waals surface area contributed by atoms with Crippen LogP contribution in [0.4, 0.5) is 0 Å². The smallest absolute Gasteiger partial charge is 0.243 e. The van der Waals surface area contributed by atoms with Gasteiger partial charge >= 0.3 is 0 Å². The van der Waals surface area contributed by atoms with Gasteiger partial charge in [-0.25, -0.2) is 4.99 Å². The van der Waals surface area contributed by atoms with Crippen molar-refractivity contribution in [2.45, 2.75) is 22.5 Å². The maximum Gasteiger partial charge on any atom is 0.243 e. The highest BCUT2D eigenvalue weighted by molar-refractivity contribution is 14.0. The van der Waals surface area contributed by atoms with Gasteiger partial charge < -0.3 is 20.3 Å². The summed E-state index contributed by atoms with van der Waals surface area (Å²) < 4.78 is 5.29. The Labute approximate surface area is 177 Å². The average Bonchev–Trinajstić information content (AvgIpc) is 3.37. The van der Waals surface area contributed by atoms with Crippen molar-refractivity contribution in [1.29, 1.82) is 0 Å². The summed E-state index contributed by atoms with van der Waals surface area (Å²) in [6.07, 6.45) is 2.36. The Morgan fingerprint density at radius 3 is 2.54 bits per heavy atom. The van der Waals surface area contributed by atoms with Crippen molar-refractivity contribution in [1.82, 2.24) is 15.5 Å². The molecule has 1 fully saturated rings. The van der Waals surface area contributed by atoms with Crippen molar-refractivity contribution < 1.29 is 9.53 Å². The molecule has 0 aliphatic heterocycles. The number of nitrogens with zero attached hydrogens (tertiary/aromatic N) is 2. The van der Waals surface area contributed by atoms with Crippen LogP contribution in [0.1, 0.15) is 12.8 Å². The van der Waals surface area contributed by atoms with Crippen LogP contribution in [0.25, 0.3) is 0 Å². The van der Waals surface area contributed by atoms with Crippen LogP contribution in [-0.4, -0.2) is 69.0 Å². The maximum atomic E-state index is 11.8. The zero-order valence-electron chi connectivity index (χ0n) is 15.7. The highest BCUT2D eigenvalue weighted by Crippen LogP contribution is 2.51. The summed E-state index contributed by atoms with van der Waals surface area (Å²) in [5.41, 5.74) is 0. The van der Waals surface area contributed by atoms with E-state index >= 15 is 0 Å². The van der Waals surface area contributed by atoms with E-state index in [1.165, 1.54) is 17.7 Å². The Kier molecular flexibility index (Phi) is 10.3. The van der Waals surface area contributed by atoms with E-state index in [1.807, 2.05) is 17.8 Å². The highest BCUT2D eigenvalue weighted by Gasteiger charge is 2.43. The molecule has 0 heterocycles. The lowest BCUT2D eigenvalue weighted by molar-refractivity contribution is -0.127. The number of benzene rings is 1. The van der Waals surface area contributed by atoms with E-state index in [0.29, 0.717) is 19.1 Å². The number of halogens is 1. The van der Waals surface area contributed by atoms with E-state index < -0.39 is 0 Å². The molecular weight excluding hydrogens is 463 g/mol. The van der Waals surface area contributed by atoms with Crippen molar-refractivity contribution in [2.24, 2.45) is 4.99 Å². The fourth-order valence-corrected chi connectivity index (χ4v) is 3.42. The van der Waals surface area contributed by atoms with E-state index in [9.17, 15) is 4.79 Å². The van der Waals surface area contributed by atoms with Gasteiger partial charge in [0.2, 0.25) is 5.91 Å². The minimum atomic E-state index is -0.0207. The van der Waals surface area contributed by atoms with Gasteiger partial charge in [-0.3, -0.25) is 4.79 Å². The Bertz CT molecular complexity index is 580. The number of ether oxygens (including phenoxy) is 1. The molecule has 8 heteroatoms. The first-order valence-electron chi connectivity index (χ1n) is 8.50. The molecule has 0 atom stereocenters. The lowest BCUT2D eigenvalue weighted by Crippen LogP contribution is -2.43. The molecule has 0 saturated heterocycles. The predicted octanol–water partition coefficient (Wildman–Crippen LogP) is 2.20. The summed E-state index contributed by atoms with van der Waals surface area (Å²) in [6.45, 7) is 2.19. The summed E-state index contributed by atoms with van der Waals surface area (Å²) in [6, 6.07) is 10.5. The fourth-order valence-electron chi connectivity index (χ4n) is 2.17. The third-order valence-electron chi connectivity index (χ3n) is 3.93. The molecule has 1 saturated carbocycles. The number of aliphatic imine (C=N–C) groups is 1. The Morgan fingerprint density at radius 2 is 1.96 bits per heavy atom. The first-order chi connectivity index (χ1) is 12.0. The first kappa shape index (κ1) is 23.0. The quantitative estimate of drug-likeness (QED) is 0.240. The van der Waals surface area contributed by atoms with E-state index in [2.05, 4.69) is 39.9 Å². The number of guanidine groups is 1. The second-order valence-corrected chi connectivity index (χ2v) is 7.87. The normalized spacial score (nSPS) is 15.0. The van der Waals surface area contributed by atoms with E-state index in [4.69, 9.17) is 4.74 Å². The number of carbonyl (C=O) groups is 1. The fraction of sp³-hybridized carbons (Fsp3) is 0.556. The minimum absolute atomic E-state index is 0. The van der Waals surface area contributed by atoms with Gasteiger partial charge in [-0.15, -0.1) is 35.7 Å². The van der Waals surface area contributed by atoms with Gasteiger partial charge in [0.25, 0.3) is 0 Å². The molecule has 1 aromatic carbocycles. The van der Waals surface area contributed by atoms with Crippen LogP contribution < -0.4 is 10.6 Å². The monoisotopic (exact) mass is 492 g/mol. The van der Waals surface area contributed by atoms with Crippen molar-refractivity contribution in [2.75, 3.05) is 47.4 Å². The van der Waals surface area contributed by atoms with E-state index in [-0.39, 0.29) is 41.2 Å². The molecule has 1 aromatic rings. The lowest BCUT2D eigenvalue weighted by atomic mass is 10.4. The van der Waals surface area contributed by atoms with Crippen LogP contribution in [-0.2, 0) is 9.53 Å².